The van der Waals surface area contributed by atoms with Gasteiger partial charge in [0.25, 0.3) is 5.91 Å². The third-order valence-electron chi connectivity index (χ3n) is 4.65. The summed E-state index contributed by atoms with van der Waals surface area (Å²) in [4.78, 5) is 23.2. The van der Waals surface area contributed by atoms with Gasteiger partial charge in [-0.05, 0) is 6.42 Å². The van der Waals surface area contributed by atoms with Crippen LogP contribution in [0, 0.1) is 0 Å². The van der Waals surface area contributed by atoms with E-state index in [0.717, 1.165) is 17.9 Å². The van der Waals surface area contributed by atoms with E-state index in [1.54, 1.807) is 18.6 Å². The van der Waals surface area contributed by atoms with Gasteiger partial charge in [-0.15, -0.1) is 5.10 Å². The zero-order valence-corrected chi connectivity index (χ0v) is 13.8. The Kier molecular flexibility index (Phi) is 3.76. The molecule has 1 amide bonds. The number of hydrogen-bond donors (Lipinski definition) is 0. The molecule has 4 heterocycles. The van der Waals surface area contributed by atoms with E-state index in [4.69, 9.17) is 4.74 Å². The molecule has 8 heteroatoms. The summed E-state index contributed by atoms with van der Waals surface area (Å²) in [7, 11) is 0. The van der Waals surface area contributed by atoms with Gasteiger partial charge in [-0.3, -0.25) is 4.79 Å². The molecule has 1 saturated heterocycles. The molecule has 2 aromatic rings. The molecular formula is C16H20N6O2. The molecule has 0 bridgehead atoms. The summed E-state index contributed by atoms with van der Waals surface area (Å²) in [6.45, 7) is 5.81. The van der Waals surface area contributed by atoms with Crippen LogP contribution < -0.4 is 0 Å². The Labute approximate surface area is 139 Å². The summed E-state index contributed by atoms with van der Waals surface area (Å²) in [6.07, 6.45) is 5.84. The van der Waals surface area contributed by atoms with Crippen molar-refractivity contribution in [2.75, 3.05) is 13.1 Å². The van der Waals surface area contributed by atoms with Crippen molar-refractivity contribution in [1.82, 2.24) is 29.9 Å². The van der Waals surface area contributed by atoms with Gasteiger partial charge >= 0.3 is 0 Å². The maximum absolute atomic E-state index is 12.8. The van der Waals surface area contributed by atoms with Crippen molar-refractivity contribution in [3.8, 4) is 0 Å². The number of carbonyl (C=O) groups excluding carboxylic acids is 1. The Hall–Kier alpha value is -2.35. The quantitative estimate of drug-likeness (QED) is 0.823. The summed E-state index contributed by atoms with van der Waals surface area (Å²) in [5.74, 6) is 0.948. The highest BCUT2D eigenvalue weighted by molar-refractivity contribution is 5.93. The molecule has 0 spiro atoms. The van der Waals surface area contributed by atoms with Gasteiger partial charge in [0, 0.05) is 31.4 Å². The van der Waals surface area contributed by atoms with Crippen molar-refractivity contribution < 1.29 is 9.53 Å². The molecule has 1 fully saturated rings. The number of fused-ring (bicyclic) bond motifs is 3. The lowest BCUT2D eigenvalue weighted by atomic mass is 10.00. The highest BCUT2D eigenvalue weighted by Crippen LogP contribution is 2.30. The van der Waals surface area contributed by atoms with Gasteiger partial charge in [0.2, 0.25) is 0 Å². The molecule has 0 aromatic carbocycles. The van der Waals surface area contributed by atoms with Crippen LogP contribution in [0.1, 0.15) is 54.1 Å². The van der Waals surface area contributed by atoms with Gasteiger partial charge in [-0.2, -0.15) is 0 Å². The second kappa shape index (κ2) is 5.94. The van der Waals surface area contributed by atoms with Crippen molar-refractivity contribution in [1.29, 1.82) is 0 Å². The molecule has 0 unspecified atom stereocenters. The molecule has 2 aliphatic heterocycles. The van der Waals surface area contributed by atoms with E-state index >= 15 is 0 Å². The van der Waals surface area contributed by atoms with Crippen LogP contribution in [-0.4, -0.2) is 55.0 Å². The predicted molar refractivity (Wildman–Crippen MR) is 84.3 cm³/mol. The highest BCUT2D eigenvalue weighted by Gasteiger charge is 2.38. The second-order valence-corrected chi connectivity index (χ2v) is 6.61. The van der Waals surface area contributed by atoms with Crippen LogP contribution in [0.4, 0.5) is 0 Å². The number of piperidine rings is 1. The topological polar surface area (TPSA) is 86.0 Å². The minimum absolute atomic E-state index is 0.0183. The molecule has 4 rings (SSSR count). The van der Waals surface area contributed by atoms with Crippen molar-refractivity contribution >= 4 is 5.91 Å². The Morgan fingerprint density at radius 1 is 1.29 bits per heavy atom. The smallest absolute Gasteiger partial charge is 0.257 e. The van der Waals surface area contributed by atoms with E-state index < -0.39 is 0 Å². The van der Waals surface area contributed by atoms with Crippen LogP contribution in [0.25, 0.3) is 0 Å². The van der Waals surface area contributed by atoms with Crippen molar-refractivity contribution in [3.63, 3.8) is 0 Å². The molecular weight excluding hydrogens is 308 g/mol. The first kappa shape index (κ1) is 15.2. The number of nitrogens with zero attached hydrogens (tertiary/aromatic N) is 6. The maximum Gasteiger partial charge on any atom is 0.257 e. The number of aromatic nitrogens is 5. The molecule has 2 aromatic heterocycles. The van der Waals surface area contributed by atoms with Crippen LogP contribution >= 0.6 is 0 Å². The number of ether oxygens (including phenoxy) is 1. The van der Waals surface area contributed by atoms with Gasteiger partial charge in [0.05, 0.1) is 36.2 Å². The molecule has 126 valence electrons. The lowest BCUT2D eigenvalue weighted by Gasteiger charge is -2.40. The largest absolute Gasteiger partial charge is 0.370 e. The van der Waals surface area contributed by atoms with Gasteiger partial charge in [-0.1, -0.05) is 19.1 Å². The first-order chi connectivity index (χ1) is 11.6. The summed E-state index contributed by atoms with van der Waals surface area (Å²) < 4.78 is 7.77. The molecule has 0 saturated carbocycles. The minimum atomic E-state index is -0.0454. The normalized spacial score (nSPS) is 23.0. The summed E-state index contributed by atoms with van der Waals surface area (Å²) in [6, 6.07) is 0.0183. The molecule has 8 nitrogen and oxygen atoms in total. The summed E-state index contributed by atoms with van der Waals surface area (Å²) in [5, 5.41) is 8.12. The zero-order chi connectivity index (χ0) is 16.7. The Balaban J connectivity index is 1.52. The van der Waals surface area contributed by atoms with Gasteiger partial charge in [0.1, 0.15) is 5.82 Å². The molecule has 0 aliphatic carbocycles. The molecule has 0 N–H and O–H groups in total. The van der Waals surface area contributed by atoms with E-state index in [9.17, 15) is 4.79 Å². The summed E-state index contributed by atoms with van der Waals surface area (Å²) in [5.41, 5.74) is 1.48. The van der Waals surface area contributed by atoms with Crippen molar-refractivity contribution in [3.05, 3.63) is 35.7 Å². The first-order valence-electron chi connectivity index (χ1n) is 8.25. The fraction of sp³-hybridized carbons (Fsp3) is 0.562. The Bertz CT molecular complexity index is 741. The second-order valence-electron chi connectivity index (χ2n) is 6.61. The highest BCUT2D eigenvalue weighted by atomic mass is 16.5. The lowest BCUT2D eigenvalue weighted by molar-refractivity contribution is -0.0605. The molecule has 2 atom stereocenters. The molecule has 2 aliphatic rings. The fourth-order valence-electron chi connectivity index (χ4n) is 3.29. The molecule has 24 heavy (non-hydrogen) atoms. The van der Waals surface area contributed by atoms with Crippen LogP contribution in [0.2, 0.25) is 0 Å². The first-order valence-corrected chi connectivity index (χ1v) is 8.25. The maximum atomic E-state index is 12.8. The zero-order valence-electron chi connectivity index (χ0n) is 13.8. The van der Waals surface area contributed by atoms with Gasteiger partial charge in [-0.25, -0.2) is 14.6 Å². The Morgan fingerprint density at radius 3 is 2.83 bits per heavy atom. The minimum Gasteiger partial charge on any atom is -0.370 e. The van der Waals surface area contributed by atoms with Crippen LogP contribution in [0.3, 0.4) is 0 Å². The van der Waals surface area contributed by atoms with Crippen LogP contribution in [0.5, 0.6) is 0 Å². The van der Waals surface area contributed by atoms with E-state index in [-0.39, 0.29) is 24.0 Å². The van der Waals surface area contributed by atoms with Gasteiger partial charge < -0.3 is 9.64 Å². The lowest BCUT2D eigenvalue weighted by Crippen LogP contribution is -2.49. The monoisotopic (exact) mass is 328 g/mol. The van der Waals surface area contributed by atoms with E-state index in [0.29, 0.717) is 25.3 Å². The number of hydrogen-bond acceptors (Lipinski definition) is 6. The SMILES string of the molecule is CC(C)c1ncc(C(=O)N2CC[C@@H]3OCc4cnnn4[C@H]3C2)cn1. The van der Waals surface area contributed by atoms with Crippen LogP contribution in [0.15, 0.2) is 18.6 Å². The number of likely N-dealkylation sites (tertiary alicyclic amines) is 1. The van der Waals surface area contributed by atoms with E-state index in [1.165, 1.54) is 0 Å². The number of rotatable bonds is 2. The standard InChI is InChI=1S/C16H20N6O2/c1-10(2)15-17-5-11(6-18-15)16(23)21-4-3-14-13(8-21)22-12(9-24-14)7-19-20-22/h5-7,10,13-14H,3-4,8-9H2,1-2H3/t13-,14-/m0/s1. The summed E-state index contributed by atoms with van der Waals surface area (Å²) >= 11 is 0. The average molecular weight is 328 g/mol. The van der Waals surface area contributed by atoms with Gasteiger partial charge in [0.15, 0.2) is 0 Å². The Morgan fingerprint density at radius 2 is 2.08 bits per heavy atom. The van der Waals surface area contributed by atoms with E-state index in [2.05, 4.69) is 20.3 Å². The third kappa shape index (κ3) is 2.56. The van der Waals surface area contributed by atoms with Crippen molar-refractivity contribution in [2.45, 2.75) is 44.9 Å². The predicted octanol–water partition coefficient (Wildman–Crippen LogP) is 1.18. The van der Waals surface area contributed by atoms with E-state index in [1.807, 2.05) is 23.4 Å². The fourth-order valence-corrected chi connectivity index (χ4v) is 3.29. The number of carbonyl (C=O) groups is 1. The van der Waals surface area contributed by atoms with Crippen LogP contribution in [-0.2, 0) is 11.3 Å². The third-order valence-corrected chi connectivity index (χ3v) is 4.65. The average Bonchev–Trinajstić information content (AvgIpc) is 3.10. The van der Waals surface area contributed by atoms with Crippen molar-refractivity contribution in [2.24, 2.45) is 0 Å². The molecule has 0 radical (unpaired) electrons. The number of amides is 1.